The topological polar surface area (TPSA) is 136 Å². The molecule has 1 unspecified atom stereocenters. The van der Waals surface area contributed by atoms with Crippen LogP contribution in [0.25, 0.3) is 16.9 Å². The van der Waals surface area contributed by atoms with E-state index in [1.54, 1.807) is 29.0 Å². The van der Waals surface area contributed by atoms with Gasteiger partial charge in [0, 0.05) is 23.6 Å². The summed E-state index contributed by atoms with van der Waals surface area (Å²) in [5.41, 5.74) is 5.05. The number of aryl methyl sites for hydroxylation is 1. The molecule has 0 spiro atoms. The van der Waals surface area contributed by atoms with E-state index in [1.807, 2.05) is 37.3 Å². The molecule has 0 radical (unpaired) electrons. The van der Waals surface area contributed by atoms with E-state index < -0.39 is 17.8 Å². The van der Waals surface area contributed by atoms with E-state index >= 15 is 4.39 Å². The highest BCUT2D eigenvalue weighted by atomic mass is 19.1. The molecule has 3 heterocycles. The molecule has 0 amide bonds. The Morgan fingerprint density at radius 3 is 2.63 bits per heavy atom. The van der Waals surface area contributed by atoms with E-state index in [1.165, 1.54) is 12.4 Å². The molecular formula is C31H35FN6O5. The molecule has 0 saturated heterocycles. The summed E-state index contributed by atoms with van der Waals surface area (Å²) in [6.45, 7) is 5.62. The third-order valence-corrected chi connectivity index (χ3v) is 7.83. The normalized spacial score (nSPS) is 20.2. The highest BCUT2D eigenvalue weighted by Crippen LogP contribution is 2.35. The lowest BCUT2D eigenvalue weighted by molar-refractivity contribution is -0.102. The van der Waals surface area contributed by atoms with Crippen LogP contribution < -0.4 is 11.0 Å². The first-order chi connectivity index (χ1) is 20.6. The molecule has 0 bridgehead atoms. The minimum absolute atomic E-state index is 0.0712. The van der Waals surface area contributed by atoms with Crippen LogP contribution in [0.4, 0.5) is 4.39 Å². The van der Waals surface area contributed by atoms with E-state index in [0.29, 0.717) is 58.7 Å². The van der Waals surface area contributed by atoms with E-state index in [-0.39, 0.29) is 30.7 Å². The zero-order chi connectivity index (χ0) is 30.3. The van der Waals surface area contributed by atoms with Crippen molar-refractivity contribution in [2.75, 3.05) is 6.61 Å². The van der Waals surface area contributed by atoms with Gasteiger partial charge in [0.1, 0.15) is 12.1 Å². The van der Waals surface area contributed by atoms with Gasteiger partial charge in [0.2, 0.25) is 5.78 Å². The number of aliphatic hydroxyl groups is 2. The number of benzene rings is 2. The molecular weight excluding hydrogens is 555 g/mol. The van der Waals surface area contributed by atoms with Crippen LogP contribution in [-0.2, 0) is 22.4 Å². The number of hydroxylamine groups is 1. The van der Waals surface area contributed by atoms with E-state index in [2.05, 4.69) is 20.6 Å². The molecule has 4 aromatic rings. The average Bonchev–Trinajstić information content (AvgIpc) is 3.61. The second kappa shape index (κ2) is 11.6. The number of nitrogens with one attached hydrogen (secondary N) is 1. The van der Waals surface area contributed by atoms with Crippen molar-refractivity contribution < 1.29 is 24.2 Å². The molecule has 2 aromatic carbocycles. The Morgan fingerprint density at radius 2 is 1.95 bits per heavy atom. The number of halogens is 1. The summed E-state index contributed by atoms with van der Waals surface area (Å²) in [5.74, 6) is 0.371. The van der Waals surface area contributed by atoms with Crippen molar-refractivity contribution >= 4 is 11.6 Å². The monoisotopic (exact) mass is 590 g/mol. The first-order valence-corrected chi connectivity index (χ1v) is 14.5. The number of amidine groups is 1. The predicted molar refractivity (Wildman–Crippen MR) is 157 cm³/mol. The molecule has 1 aliphatic carbocycles. The van der Waals surface area contributed by atoms with Gasteiger partial charge in [0.15, 0.2) is 5.84 Å². The largest absolute Gasteiger partial charge is 0.388 e. The second-order valence-electron chi connectivity index (χ2n) is 11.7. The number of aliphatic hydroxyl groups excluding tert-OH is 1. The Morgan fingerprint density at radius 1 is 1.19 bits per heavy atom. The fourth-order valence-electron chi connectivity index (χ4n) is 5.67. The lowest BCUT2D eigenvalue weighted by atomic mass is 9.88. The van der Waals surface area contributed by atoms with Crippen LogP contribution in [0.5, 0.6) is 0 Å². The number of nitrogens with zero attached hydrogens (tertiary/aromatic N) is 5. The highest BCUT2D eigenvalue weighted by Gasteiger charge is 2.36. The maximum absolute atomic E-state index is 15.8. The number of rotatable bonds is 10. The molecule has 12 heteroatoms. The first-order valence-electron chi connectivity index (χ1n) is 14.5. The van der Waals surface area contributed by atoms with Gasteiger partial charge in [-0.25, -0.2) is 24.2 Å². The van der Waals surface area contributed by atoms with Crippen LogP contribution in [0, 0.1) is 5.82 Å². The summed E-state index contributed by atoms with van der Waals surface area (Å²) in [5, 5.41) is 24.1. The molecule has 1 aliphatic heterocycles. The van der Waals surface area contributed by atoms with Gasteiger partial charge in [-0.15, -0.1) is 0 Å². The molecule has 6 rings (SSSR count). The maximum Gasteiger partial charge on any atom is 0.280 e. The highest BCUT2D eigenvalue weighted by molar-refractivity contribution is 6.04. The smallest absolute Gasteiger partial charge is 0.280 e. The van der Waals surface area contributed by atoms with Gasteiger partial charge in [-0.05, 0) is 55.9 Å². The summed E-state index contributed by atoms with van der Waals surface area (Å²) in [4.78, 5) is 27.5. The van der Waals surface area contributed by atoms with Gasteiger partial charge in [-0.1, -0.05) is 49.7 Å². The van der Waals surface area contributed by atoms with Crippen LogP contribution >= 0.6 is 0 Å². The molecule has 226 valence electrons. The van der Waals surface area contributed by atoms with Crippen molar-refractivity contribution in [1.82, 2.24) is 24.6 Å². The molecule has 3 N–H and O–H groups in total. The van der Waals surface area contributed by atoms with Crippen molar-refractivity contribution in [3.63, 3.8) is 0 Å². The number of ether oxygens (including phenoxy) is 1. The molecule has 2 aliphatic rings. The Labute approximate surface area is 247 Å². The minimum atomic E-state index is -1.31. The summed E-state index contributed by atoms with van der Waals surface area (Å²) in [7, 11) is 0. The zero-order valence-corrected chi connectivity index (χ0v) is 24.3. The van der Waals surface area contributed by atoms with Crippen LogP contribution in [0.3, 0.4) is 0 Å². The quantitative estimate of drug-likeness (QED) is 0.256. The van der Waals surface area contributed by atoms with Gasteiger partial charge in [-0.2, -0.15) is 10.1 Å². The van der Waals surface area contributed by atoms with Crippen molar-refractivity contribution in [2.24, 2.45) is 4.99 Å². The summed E-state index contributed by atoms with van der Waals surface area (Å²) >= 11 is 0. The van der Waals surface area contributed by atoms with Crippen molar-refractivity contribution in [1.29, 1.82) is 0 Å². The molecule has 1 fully saturated rings. The van der Waals surface area contributed by atoms with Gasteiger partial charge >= 0.3 is 0 Å². The SMILES string of the molecule is CCCc1c(Cc2ccc(-c3ccccc3C3=NC(O)ON3)cc2F)c(=O)n(C2CC(OCC(C)(C)O)C2)c2ncnn12. The van der Waals surface area contributed by atoms with Crippen molar-refractivity contribution in [3.05, 3.63) is 87.3 Å². The number of aliphatic imine (C=N–C) groups is 1. The van der Waals surface area contributed by atoms with Gasteiger partial charge in [0.25, 0.3) is 12.0 Å². The summed E-state index contributed by atoms with van der Waals surface area (Å²) in [6, 6.07) is 12.1. The van der Waals surface area contributed by atoms with Crippen LogP contribution in [0.2, 0.25) is 0 Å². The van der Waals surface area contributed by atoms with Gasteiger partial charge in [-0.3, -0.25) is 9.36 Å². The van der Waals surface area contributed by atoms with Gasteiger partial charge < -0.3 is 14.9 Å². The predicted octanol–water partition coefficient (Wildman–Crippen LogP) is 3.29. The maximum atomic E-state index is 15.8. The summed E-state index contributed by atoms with van der Waals surface area (Å²) < 4.78 is 25.0. The van der Waals surface area contributed by atoms with E-state index in [0.717, 1.165) is 12.1 Å². The summed E-state index contributed by atoms with van der Waals surface area (Å²) in [6.07, 6.45) is 2.73. The fraction of sp³-hybridized carbons (Fsp3) is 0.419. The fourth-order valence-corrected chi connectivity index (χ4v) is 5.67. The Balaban J connectivity index is 1.33. The van der Waals surface area contributed by atoms with Crippen LogP contribution in [0.1, 0.15) is 68.5 Å². The number of fused-ring (bicyclic) bond motifs is 1. The average molecular weight is 591 g/mol. The molecule has 1 saturated carbocycles. The minimum Gasteiger partial charge on any atom is -0.388 e. The molecule has 11 nitrogen and oxygen atoms in total. The lowest BCUT2D eigenvalue weighted by Gasteiger charge is -2.37. The Kier molecular flexibility index (Phi) is 7.86. The van der Waals surface area contributed by atoms with Crippen molar-refractivity contribution in [3.8, 4) is 11.1 Å². The second-order valence-corrected chi connectivity index (χ2v) is 11.7. The Hall–Kier alpha value is -3.97. The van der Waals surface area contributed by atoms with Crippen molar-refractivity contribution in [2.45, 2.75) is 77.0 Å². The van der Waals surface area contributed by atoms with Crippen LogP contribution in [-0.4, -0.2) is 59.9 Å². The standard InChI is InChI=1S/C31H35FN6O5/c1-4-7-26-24(28(39)37(29-33-17-34-38(26)29)20-14-21(15-20)42-16-31(2,3)41)12-19-11-10-18(13-25(19)32)22-8-5-6-9-23(22)27-35-30(40)43-36-27/h5-6,8-11,13,17,20-21,30,40-41H,4,7,12,14-16H2,1-3H3,(H,35,36). The molecule has 2 aromatic heterocycles. The lowest BCUT2D eigenvalue weighted by Crippen LogP contribution is -2.42. The number of hydrogen-bond donors (Lipinski definition) is 3. The molecule has 1 atom stereocenters. The Bertz CT molecular complexity index is 1740. The zero-order valence-electron chi connectivity index (χ0n) is 24.3. The number of aromatic nitrogens is 4. The van der Waals surface area contributed by atoms with Crippen LogP contribution in [0.15, 0.2) is 58.6 Å². The third kappa shape index (κ3) is 5.83. The third-order valence-electron chi connectivity index (χ3n) is 7.83. The molecule has 43 heavy (non-hydrogen) atoms. The first kappa shape index (κ1) is 29.1. The van der Waals surface area contributed by atoms with E-state index in [9.17, 15) is 15.0 Å². The van der Waals surface area contributed by atoms with Gasteiger partial charge in [0.05, 0.1) is 24.0 Å². The van der Waals surface area contributed by atoms with E-state index in [4.69, 9.17) is 9.57 Å². The number of hydrogen-bond acceptors (Lipinski definition) is 9.